The van der Waals surface area contributed by atoms with Crippen LogP contribution in [0.25, 0.3) is 22.3 Å². The van der Waals surface area contributed by atoms with Crippen molar-refractivity contribution in [2.24, 2.45) is 0 Å². The Kier molecular flexibility index (Phi) is 20.9. The number of unbranched alkanes of at least 4 members (excludes halogenated alkanes) is 16. The van der Waals surface area contributed by atoms with E-state index in [9.17, 15) is 9.59 Å². The van der Waals surface area contributed by atoms with Gasteiger partial charge >= 0.3 is 11.9 Å². The maximum atomic E-state index is 12.1. The zero-order chi connectivity index (χ0) is 38.1. The molecule has 0 aliphatic rings. The van der Waals surface area contributed by atoms with Crippen LogP contribution in [-0.4, -0.2) is 75.7 Å². The second-order valence-electron chi connectivity index (χ2n) is 13.7. The summed E-state index contributed by atoms with van der Waals surface area (Å²) in [6.45, 7) is 1.90. The van der Waals surface area contributed by atoms with Crippen LogP contribution >= 0.6 is 21.6 Å². The molecule has 0 spiro atoms. The number of aryl methyl sites for hydroxylation is 2. The van der Waals surface area contributed by atoms with E-state index in [0.29, 0.717) is 60.3 Å². The molecule has 4 N–H and O–H groups in total. The molecule has 0 atom stereocenters. The molecule has 298 valence electrons. The predicted octanol–water partition coefficient (Wildman–Crippen LogP) is 8.10. The van der Waals surface area contributed by atoms with Crippen molar-refractivity contribution in [3.63, 3.8) is 0 Å². The molecule has 54 heavy (non-hydrogen) atoms. The molecule has 4 aromatic rings. The number of nitrogen functional groups attached to an aromatic ring is 2. The summed E-state index contributed by atoms with van der Waals surface area (Å²) in [6.07, 6.45) is 28.8. The van der Waals surface area contributed by atoms with Gasteiger partial charge in [0.15, 0.2) is 22.9 Å². The first-order valence-corrected chi connectivity index (χ1v) is 22.4. The van der Waals surface area contributed by atoms with E-state index in [-0.39, 0.29) is 24.8 Å². The average molecular weight is 785 g/mol. The Hall–Kier alpha value is -3.66. The minimum atomic E-state index is -0.196. The number of anilines is 2. The van der Waals surface area contributed by atoms with Crippen LogP contribution in [-0.2, 0) is 32.2 Å². The van der Waals surface area contributed by atoms with E-state index in [1.165, 1.54) is 114 Å². The van der Waals surface area contributed by atoms with E-state index in [1.807, 2.05) is 21.6 Å². The minimum Gasteiger partial charge on any atom is -0.466 e. The molecule has 16 heteroatoms. The topological polar surface area (TPSA) is 192 Å². The molecule has 0 aromatic carbocycles. The quantitative estimate of drug-likeness (QED) is 0.0282. The maximum absolute atomic E-state index is 12.1. The first kappa shape index (κ1) is 43.1. The summed E-state index contributed by atoms with van der Waals surface area (Å²) in [4.78, 5) is 48.9. The Morgan fingerprint density at radius 3 is 1.24 bits per heavy atom. The van der Waals surface area contributed by atoms with Crippen LogP contribution in [0, 0.1) is 0 Å². The van der Waals surface area contributed by atoms with E-state index in [2.05, 4.69) is 29.9 Å². The SMILES string of the molecule is Nc1ncnc2c1ncn2CCC(=O)OCCCCCCCCCCCSSCCCCCCCCCCCOC(=O)CCn1cnc2c(N)ncnc21. The van der Waals surface area contributed by atoms with Gasteiger partial charge in [0, 0.05) is 24.6 Å². The number of hydrogen-bond donors (Lipinski definition) is 2. The first-order chi connectivity index (χ1) is 26.5. The van der Waals surface area contributed by atoms with Gasteiger partial charge < -0.3 is 30.1 Å². The van der Waals surface area contributed by atoms with Gasteiger partial charge in [-0.2, -0.15) is 0 Å². The Balaban J connectivity index is 0.800. The molecule has 14 nitrogen and oxygen atoms in total. The van der Waals surface area contributed by atoms with Gasteiger partial charge in [0.05, 0.1) is 38.7 Å². The minimum absolute atomic E-state index is 0.196. The van der Waals surface area contributed by atoms with Gasteiger partial charge in [-0.25, -0.2) is 29.9 Å². The molecule has 0 bridgehead atoms. The number of carbonyl (C=O) groups excluding carboxylic acids is 2. The van der Waals surface area contributed by atoms with Crippen LogP contribution in [0.1, 0.15) is 128 Å². The fraction of sp³-hybridized carbons (Fsp3) is 0.684. The van der Waals surface area contributed by atoms with Crippen molar-refractivity contribution < 1.29 is 19.1 Å². The van der Waals surface area contributed by atoms with Gasteiger partial charge in [0.2, 0.25) is 0 Å². The van der Waals surface area contributed by atoms with Crippen LogP contribution in [0.5, 0.6) is 0 Å². The lowest BCUT2D eigenvalue weighted by Crippen LogP contribution is -2.10. The number of nitrogens with zero attached hydrogens (tertiary/aromatic N) is 8. The number of esters is 2. The van der Waals surface area contributed by atoms with Gasteiger partial charge in [-0.05, 0) is 25.7 Å². The van der Waals surface area contributed by atoms with Crippen LogP contribution in [0.15, 0.2) is 25.3 Å². The highest BCUT2D eigenvalue weighted by Gasteiger charge is 2.11. The first-order valence-electron chi connectivity index (χ1n) is 19.9. The molecular weight excluding hydrogens is 725 g/mol. The summed E-state index contributed by atoms with van der Waals surface area (Å²) >= 11 is 0. The Morgan fingerprint density at radius 2 is 0.852 bits per heavy atom. The van der Waals surface area contributed by atoms with Crippen LogP contribution in [0.3, 0.4) is 0 Å². The maximum Gasteiger partial charge on any atom is 0.307 e. The van der Waals surface area contributed by atoms with Gasteiger partial charge in [-0.15, -0.1) is 0 Å². The summed E-state index contributed by atoms with van der Waals surface area (Å²) < 4.78 is 14.4. The van der Waals surface area contributed by atoms with E-state index in [1.54, 1.807) is 21.8 Å². The van der Waals surface area contributed by atoms with Crippen LogP contribution in [0.4, 0.5) is 11.6 Å². The number of aromatic nitrogens is 8. The van der Waals surface area contributed by atoms with Crippen molar-refractivity contribution >= 4 is 67.5 Å². The fourth-order valence-electron chi connectivity index (χ4n) is 6.18. The van der Waals surface area contributed by atoms with E-state index in [4.69, 9.17) is 20.9 Å². The molecule has 4 heterocycles. The molecule has 0 saturated carbocycles. The zero-order valence-electron chi connectivity index (χ0n) is 31.9. The summed E-state index contributed by atoms with van der Waals surface area (Å²) in [5, 5.41) is 0. The van der Waals surface area contributed by atoms with E-state index >= 15 is 0 Å². The number of imidazole rings is 2. The van der Waals surface area contributed by atoms with Gasteiger partial charge in [-0.3, -0.25) is 9.59 Å². The summed E-state index contributed by atoms with van der Waals surface area (Å²) in [6, 6.07) is 0. The molecule has 0 unspecified atom stereocenters. The molecule has 0 aliphatic carbocycles. The Bertz CT molecular complexity index is 1530. The highest BCUT2D eigenvalue weighted by atomic mass is 33.1. The third-order valence-corrected chi connectivity index (χ3v) is 11.9. The second kappa shape index (κ2) is 26.2. The molecule has 0 aliphatic heterocycles. The number of carbonyl (C=O) groups is 2. The van der Waals surface area contributed by atoms with Crippen molar-refractivity contribution in [2.75, 3.05) is 36.2 Å². The molecule has 0 radical (unpaired) electrons. The number of nitrogens with two attached hydrogens (primary N) is 2. The third-order valence-electron chi connectivity index (χ3n) is 9.33. The lowest BCUT2D eigenvalue weighted by Gasteiger charge is -2.06. The largest absolute Gasteiger partial charge is 0.466 e. The highest BCUT2D eigenvalue weighted by Crippen LogP contribution is 2.25. The van der Waals surface area contributed by atoms with Gasteiger partial charge in [0.25, 0.3) is 0 Å². The van der Waals surface area contributed by atoms with Crippen LogP contribution in [0.2, 0.25) is 0 Å². The van der Waals surface area contributed by atoms with E-state index in [0.717, 1.165) is 25.7 Å². The normalized spacial score (nSPS) is 11.5. The molecule has 0 saturated heterocycles. The number of hydrogen-bond acceptors (Lipinski definition) is 14. The molecular formula is C38H60N10O4S2. The van der Waals surface area contributed by atoms with Crippen molar-refractivity contribution in [2.45, 2.75) is 142 Å². The number of fused-ring (bicyclic) bond motifs is 2. The monoisotopic (exact) mass is 784 g/mol. The summed E-state index contributed by atoms with van der Waals surface area (Å²) in [7, 11) is 4.09. The lowest BCUT2D eigenvalue weighted by atomic mass is 10.1. The average Bonchev–Trinajstić information content (AvgIpc) is 3.80. The van der Waals surface area contributed by atoms with E-state index < -0.39 is 0 Å². The molecule has 4 rings (SSSR count). The summed E-state index contributed by atoms with van der Waals surface area (Å²) in [5.74, 6) is 2.82. The summed E-state index contributed by atoms with van der Waals surface area (Å²) in [5.41, 5.74) is 14.0. The molecule has 4 aromatic heterocycles. The fourth-order valence-corrected chi connectivity index (χ4v) is 8.48. The van der Waals surface area contributed by atoms with Crippen molar-refractivity contribution in [1.82, 2.24) is 39.0 Å². The van der Waals surface area contributed by atoms with Crippen molar-refractivity contribution in [3.8, 4) is 0 Å². The smallest absolute Gasteiger partial charge is 0.307 e. The van der Waals surface area contributed by atoms with Crippen molar-refractivity contribution in [1.29, 1.82) is 0 Å². The predicted molar refractivity (Wildman–Crippen MR) is 219 cm³/mol. The van der Waals surface area contributed by atoms with Crippen molar-refractivity contribution in [3.05, 3.63) is 25.3 Å². The lowest BCUT2D eigenvalue weighted by molar-refractivity contribution is -0.144. The molecule has 0 fully saturated rings. The molecule has 0 amide bonds. The second-order valence-corrected chi connectivity index (χ2v) is 16.4. The Labute approximate surface area is 327 Å². The van der Waals surface area contributed by atoms with Gasteiger partial charge in [-0.1, -0.05) is 111 Å². The number of ether oxygens (including phenoxy) is 2. The van der Waals surface area contributed by atoms with Crippen LogP contribution < -0.4 is 11.5 Å². The third kappa shape index (κ3) is 16.4. The van der Waals surface area contributed by atoms with Gasteiger partial charge in [0.1, 0.15) is 23.7 Å². The Morgan fingerprint density at radius 1 is 0.500 bits per heavy atom. The number of rotatable bonds is 31. The highest BCUT2D eigenvalue weighted by molar-refractivity contribution is 8.76. The zero-order valence-corrected chi connectivity index (χ0v) is 33.5. The standard InChI is InChI=1S/C38H60N10O4S2/c39-35-33-37(43-27-41-35)47(29-45-33)21-19-31(49)51-23-15-11-7-3-1-5-9-13-17-25-53-54-26-18-14-10-6-2-4-8-12-16-24-52-32(50)20-22-48-30-46-34-36(40)42-28-44-38(34)48/h27-30H,1-26H2,(H2,39,41,43)(H2,40,42,44).